The summed E-state index contributed by atoms with van der Waals surface area (Å²) in [5, 5.41) is 14.2. The van der Waals surface area contributed by atoms with Crippen molar-refractivity contribution in [1.82, 2.24) is 10.3 Å². The lowest BCUT2D eigenvalue weighted by Crippen LogP contribution is -2.52. The summed E-state index contributed by atoms with van der Waals surface area (Å²) in [6, 6.07) is 3.71. The van der Waals surface area contributed by atoms with Crippen LogP contribution in [0.4, 0.5) is 5.69 Å². The normalized spacial score (nSPS) is 20.9. The summed E-state index contributed by atoms with van der Waals surface area (Å²) < 4.78 is 0. The van der Waals surface area contributed by atoms with Crippen molar-refractivity contribution >= 4 is 22.5 Å². The standard InChI is InChI=1S/C27H39N3O2/c1-8-27(6,13-9-10-17(2)3)21-11-12-22-23-19(15-28-24(21)23)14-20(16-31)29-26(32)25(18(4)5)30(22)7/h8,10-12,15,18,20,25,28,31H,1,9,13-14,16H2,2-7H3,(H,29,32)/t20-,25-,27+/m0/s1. The second-order valence-corrected chi connectivity index (χ2v) is 10.0. The number of rotatable bonds is 7. The molecule has 32 heavy (non-hydrogen) atoms. The maximum atomic E-state index is 13.1. The van der Waals surface area contributed by atoms with Crippen molar-refractivity contribution in [2.45, 2.75) is 71.4 Å². The molecule has 0 saturated carbocycles. The predicted octanol–water partition coefficient (Wildman–Crippen LogP) is 4.85. The van der Waals surface area contributed by atoms with Gasteiger partial charge in [-0.2, -0.15) is 0 Å². The second kappa shape index (κ2) is 9.53. The lowest BCUT2D eigenvalue weighted by atomic mass is 9.77. The molecule has 0 bridgehead atoms. The first-order chi connectivity index (χ1) is 15.1. The van der Waals surface area contributed by atoms with E-state index in [1.165, 1.54) is 11.1 Å². The van der Waals surface area contributed by atoms with Gasteiger partial charge in [-0.25, -0.2) is 0 Å². The molecule has 0 saturated heterocycles. The molecule has 1 aromatic carbocycles. The van der Waals surface area contributed by atoms with Gasteiger partial charge in [0.25, 0.3) is 0 Å². The van der Waals surface area contributed by atoms with E-state index in [0.29, 0.717) is 6.42 Å². The molecule has 2 aromatic rings. The van der Waals surface area contributed by atoms with Crippen LogP contribution in [0, 0.1) is 5.92 Å². The number of allylic oxidation sites excluding steroid dienone is 3. The summed E-state index contributed by atoms with van der Waals surface area (Å²) in [6.45, 7) is 14.7. The molecule has 3 atom stereocenters. The van der Waals surface area contributed by atoms with E-state index in [2.05, 4.69) is 80.7 Å². The van der Waals surface area contributed by atoms with E-state index in [9.17, 15) is 9.90 Å². The number of aliphatic hydroxyl groups excluding tert-OH is 1. The summed E-state index contributed by atoms with van der Waals surface area (Å²) in [4.78, 5) is 18.7. The molecule has 174 valence electrons. The van der Waals surface area contributed by atoms with Gasteiger partial charge in [-0.05, 0) is 56.2 Å². The molecule has 0 fully saturated rings. The first-order valence-electron chi connectivity index (χ1n) is 11.7. The zero-order valence-corrected chi connectivity index (χ0v) is 20.5. The van der Waals surface area contributed by atoms with E-state index >= 15 is 0 Å². The predicted molar refractivity (Wildman–Crippen MR) is 134 cm³/mol. The third kappa shape index (κ3) is 4.49. The largest absolute Gasteiger partial charge is 0.394 e. The maximum Gasteiger partial charge on any atom is 0.243 e. The van der Waals surface area contributed by atoms with Gasteiger partial charge >= 0.3 is 0 Å². The number of nitrogens with one attached hydrogen (secondary N) is 2. The molecule has 2 heterocycles. The van der Waals surface area contributed by atoms with Crippen molar-refractivity contribution in [2.75, 3.05) is 18.6 Å². The zero-order valence-electron chi connectivity index (χ0n) is 20.5. The van der Waals surface area contributed by atoms with Crippen LogP contribution in [0.2, 0.25) is 0 Å². The Labute approximate surface area is 192 Å². The number of nitrogens with zero attached hydrogens (tertiary/aromatic N) is 1. The average molecular weight is 438 g/mol. The number of hydrogen-bond acceptors (Lipinski definition) is 3. The lowest BCUT2D eigenvalue weighted by molar-refractivity contribution is -0.124. The van der Waals surface area contributed by atoms with Crippen molar-refractivity contribution in [3.05, 3.63) is 53.8 Å². The van der Waals surface area contributed by atoms with Gasteiger partial charge in [-0.1, -0.05) is 44.6 Å². The van der Waals surface area contributed by atoms with Gasteiger partial charge in [-0.3, -0.25) is 4.79 Å². The van der Waals surface area contributed by atoms with Gasteiger partial charge in [0.05, 0.1) is 18.2 Å². The van der Waals surface area contributed by atoms with Crippen LogP contribution >= 0.6 is 0 Å². The fourth-order valence-electron chi connectivity index (χ4n) is 5.03. The Bertz CT molecular complexity index is 1020. The summed E-state index contributed by atoms with van der Waals surface area (Å²) in [6.07, 6.45) is 8.91. The number of aromatic nitrogens is 1. The molecule has 0 aliphatic carbocycles. The van der Waals surface area contributed by atoms with Crippen molar-refractivity contribution in [3.8, 4) is 0 Å². The van der Waals surface area contributed by atoms with Gasteiger partial charge < -0.3 is 20.3 Å². The quantitative estimate of drug-likeness (QED) is 0.542. The molecule has 1 amide bonds. The van der Waals surface area contributed by atoms with Gasteiger partial charge in [0.1, 0.15) is 6.04 Å². The van der Waals surface area contributed by atoms with E-state index in [1.807, 2.05) is 13.2 Å². The summed E-state index contributed by atoms with van der Waals surface area (Å²) >= 11 is 0. The third-order valence-electron chi connectivity index (χ3n) is 6.91. The molecule has 5 nitrogen and oxygen atoms in total. The summed E-state index contributed by atoms with van der Waals surface area (Å²) in [5.74, 6) is 0.0858. The molecule has 0 radical (unpaired) electrons. The highest BCUT2D eigenvalue weighted by molar-refractivity contribution is 6.00. The van der Waals surface area contributed by atoms with E-state index in [-0.39, 0.29) is 35.9 Å². The SMILES string of the molecule is C=C[C@](C)(CCC=C(C)C)c1ccc2c3c(c[nH]c13)C[C@@H](CO)NC(=O)[C@H](C(C)C)N2C. The highest BCUT2D eigenvalue weighted by atomic mass is 16.3. The number of hydrogen-bond donors (Lipinski definition) is 3. The van der Waals surface area contributed by atoms with Crippen molar-refractivity contribution in [1.29, 1.82) is 0 Å². The number of carbonyl (C=O) groups excluding carboxylic acids is 1. The topological polar surface area (TPSA) is 68.4 Å². The number of likely N-dealkylation sites (N-methyl/N-ethyl adjacent to an activating group) is 1. The number of aromatic amines is 1. The zero-order chi connectivity index (χ0) is 23.6. The van der Waals surface area contributed by atoms with Crippen LogP contribution in [0.3, 0.4) is 0 Å². The Balaban J connectivity index is 2.20. The van der Waals surface area contributed by atoms with E-state index in [4.69, 9.17) is 0 Å². The average Bonchev–Trinajstić information content (AvgIpc) is 3.16. The molecule has 3 N–H and O–H groups in total. The molecule has 3 rings (SSSR count). The molecule has 1 aliphatic heterocycles. The molecule has 1 aliphatic rings. The molecular weight excluding hydrogens is 398 g/mol. The summed E-state index contributed by atoms with van der Waals surface area (Å²) in [5.41, 5.74) is 5.61. The van der Waals surface area contributed by atoms with Gasteiger partial charge in [-0.15, -0.1) is 6.58 Å². The maximum absolute atomic E-state index is 13.1. The van der Waals surface area contributed by atoms with E-state index < -0.39 is 0 Å². The molecule has 5 heteroatoms. The van der Waals surface area contributed by atoms with Crippen LogP contribution < -0.4 is 10.2 Å². The van der Waals surface area contributed by atoms with Crippen LogP contribution in [-0.2, 0) is 16.6 Å². The Hall–Kier alpha value is -2.53. The number of aliphatic hydroxyl groups is 1. The van der Waals surface area contributed by atoms with Crippen LogP contribution in [0.5, 0.6) is 0 Å². The van der Waals surface area contributed by atoms with Crippen molar-refractivity contribution < 1.29 is 9.90 Å². The number of H-pyrrole nitrogens is 1. The van der Waals surface area contributed by atoms with E-state index in [0.717, 1.165) is 35.0 Å². The van der Waals surface area contributed by atoms with Crippen molar-refractivity contribution in [2.24, 2.45) is 5.92 Å². The minimum atomic E-state index is -0.317. The number of carbonyl (C=O) groups is 1. The third-order valence-corrected chi connectivity index (χ3v) is 6.91. The van der Waals surface area contributed by atoms with Crippen LogP contribution in [-0.4, -0.2) is 41.7 Å². The number of amides is 1. The Morgan fingerprint density at radius 2 is 2.09 bits per heavy atom. The highest BCUT2D eigenvalue weighted by Gasteiger charge is 2.34. The Morgan fingerprint density at radius 3 is 2.69 bits per heavy atom. The van der Waals surface area contributed by atoms with Gasteiger partial charge in [0, 0.05) is 29.7 Å². The molecular formula is C27H39N3O2. The van der Waals surface area contributed by atoms with Gasteiger partial charge in [0.15, 0.2) is 0 Å². The minimum absolute atomic E-state index is 0.0365. The fourth-order valence-corrected chi connectivity index (χ4v) is 5.03. The lowest BCUT2D eigenvalue weighted by Gasteiger charge is -2.33. The van der Waals surface area contributed by atoms with Crippen LogP contribution in [0.15, 0.2) is 42.6 Å². The first-order valence-corrected chi connectivity index (χ1v) is 11.7. The monoisotopic (exact) mass is 437 g/mol. The molecule has 0 spiro atoms. The molecule has 1 aromatic heterocycles. The number of anilines is 1. The summed E-state index contributed by atoms with van der Waals surface area (Å²) in [7, 11) is 2.00. The highest BCUT2D eigenvalue weighted by Crippen LogP contribution is 2.41. The second-order valence-electron chi connectivity index (χ2n) is 10.0. The minimum Gasteiger partial charge on any atom is -0.394 e. The fraction of sp³-hybridized carbons (Fsp3) is 0.519. The van der Waals surface area contributed by atoms with E-state index in [1.54, 1.807) is 0 Å². The number of benzene rings is 1. The first kappa shape index (κ1) is 24.1. The van der Waals surface area contributed by atoms with Crippen LogP contribution in [0.1, 0.15) is 58.6 Å². The van der Waals surface area contributed by atoms with Gasteiger partial charge in [0.2, 0.25) is 5.91 Å². The smallest absolute Gasteiger partial charge is 0.243 e. The van der Waals surface area contributed by atoms with Crippen LogP contribution in [0.25, 0.3) is 10.9 Å². The Kier molecular flexibility index (Phi) is 7.19. The molecule has 0 unspecified atom stereocenters. The van der Waals surface area contributed by atoms with Crippen molar-refractivity contribution in [3.63, 3.8) is 0 Å². The Morgan fingerprint density at radius 1 is 1.38 bits per heavy atom.